The van der Waals surface area contributed by atoms with Gasteiger partial charge in [-0.1, -0.05) is 48.5 Å². The largest absolute Gasteiger partial charge is 0.368 e. The van der Waals surface area contributed by atoms with Crippen LogP contribution >= 0.6 is 0 Å². The molecule has 8 heteroatoms. The zero-order valence-corrected chi connectivity index (χ0v) is 19.3. The van der Waals surface area contributed by atoms with Crippen LogP contribution in [-0.2, 0) is 0 Å². The van der Waals surface area contributed by atoms with Crippen LogP contribution in [0.2, 0.25) is 0 Å². The standard InChI is InChI=1S/C28H21FN6O/c1-17(33-26-20(15-30)16-32-28(31)34-26)24-14-19-8-6-12-23(18-7-5-9-21(29)13-18)25(19)27(36)35(24)22-10-3-2-4-11-22/h2-14,16-17H,1H3,(H3,31,32,33,34)/t17-/m0/s1. The molecule has 5 rings (SSSR count). The molecule has 176 valence electrons. The van der Waals surface area contributed by atoms with Crippen LogP contribution < -0.4 is 16.6 Å². The number of hydrogen-bond acceptors (Lipinski definition) is 6. The van der Waals surface area contributed by atoms with Crippen LogP contribution in [0.5, 0.6) is 0 Å². The first-order valence-corrected chi connectivity index (χ1v) is 11.3. The SMILES string of the molecule is C[C@H](Nc1nc(N)ncc1C#N)c1cc2cccc(-c3cccc(F)c3)c2c(=O)n1-c1ccccc1. The van der Waals surface area contributed by atoms with Crippen molar-refractivity contribution in [1.29, 1.82) is 5.26 Å². The Morgan fingerprint density at radius 3 is 2.58 bits per heavy atom. The van der Waals surface area contributed by atoms with Gasteiger partial charge in [0.15, 0.2) is 0 Å². The molecule has 0 spiro atoms. The number of pyridine rings is 1. The number of halogens is 1. The minimum Gasteiger partial charge on any atom is -0.368 e. The fourth-order valence-electron chi connectivity index (χ4n) is 4.31. The van der Waals surface area contributed by atoms with E-state index in [0.29, 0.717) is 33.3 Å². The maximum Gasteiger partial charge on any atom is 0.263 e. The summed E-state index contributed by atoms with van der Waals surface area (Å²) in [6, 6.07) is 24.5. The Bertz CT molecular complexity index is 1690. The van der Waals surface area contributed by atoms with Gasteiger partial charge < -0.3 is 11.1 Å². The van der Waals surface area contributed by atoms with E-state index >= 15 is 0 Å². The quantitative estimate of drug-likeness (QED) is 0.360. The summed E-state index contributed by atoms with van der Waals surface area (Å²) in [6.45, 7) is 1.87. The highest BCUT2D eigenvalue weighted by molar-refractivity contribution is 5.96. The van der Waals surface area contributed by atoms with E-state index in [9.17, 15) is 14.4 Å². The van der Waals surface area contributed by atoms with Crippen molar-refractivity contribution in [2.45, 2.75) is 13.0 Å². The molecule has 3 aromatic carbocycles. The average Bonchev–Trinajstić information content (AvgIpc) is 2.89. The minimum absolute atomic E-state index is 0.0300. The van der Waals surface area contributed by atoms with Gasteiger partial charge in [0.25, 0.3) is 5.56 Å². The summed E-state index contributed by atoms with van der Waals surface area (Å²) in [7, 11) is 0. The first-order chi connectivity index (χ1) is 17.5. The normalized spacial score (nSPS) is 11.7. The first kappa shape index (κ1) is 22.7. The molecule has 0 unspecified atom stereocenters. The Morgan fingerprint density at radius 1 is 1.06 bits per heavy atom. The van der Waals surface area contributed by atoms with Gasteiger partial charge in [-0.2, -0.15) is 10.2 Å². The zero-order valence-electron chi connectivity index (χ0n) is 19.3. The van der Waals surface area contributed by atoms with E-state index in [-0.39, 0.29) is 28.7 Å². The maximum atomic E-state index is 14.1. The molecule has 0 aliphatic carbocycles. The molecule has 0 radical (unpaired) electrons. The predicted octanol–water partition coefficient (Wildman–Crippen LogP) is 5.21. The van der Waals surface area contributed by atoms with Gasteiger partial charge in [-0.05, 0) is 53.8 Å². The highest BCUT2D eigenvalue weighted by Gasteiger charge is 2.20. The number of fused-ring (bicyclic) bond motifs is 1. The van der Waals surface area contributed by atoms with Crippen molar-refractivity contribution in [2.75, 3.05) is 11.1 Å². The van der Waals surface area contributed by atoms with Gasteiger partial charge in [0.2, 0.25) is 5.95 Å². The van der Waals surface area contributed by atoms with Crippen LogP contribution in [0.3, 0.4) is 0 Å². The van der Waals surface area contributed by atoms with Gasteiger partial charge in [0.05, 0.1) is 17.6 Å². The number of aromatic nitrogens is 3. The second-order valence-electron chi connectivity index (χ2n) is 8.29. The molecule has 2 aromatic heterocycles. The molecule has 3 N–H and O–H groups in total. The van der Waals surface area contributed by atoms with E-state index in [1.165, 1.54) is 18.3 Å². The van der Waals surface area contributed by atoms with Crippen LogP contribution in [0.15, 0.2) is 89.9 Å². The molecule has 2 heterocycles. The number of rotatable bonds is 5. The van der Waals surface area contributed by atoms with E-state index in [1.54, 1.807) is 16.7 Å². The molecule has 0 saturated carbocycles. The molecule has 5 aromatic rings. The number of nitrogens with one attached hydrogen (secondary N) is 1. The summed E-state index contributed by atoms with van der Waals surface area (Å²) < 4.78 is 15.7. The van der Waals surface area contributed by atoms with Gasteiger partial charge >= 0.3 is 0 Å². The van der Waals surface area contributed by atoms with Crippen LogP contribution in [0, 0.1) is 17.1 Å². The fraction of sp³-hybridized carbons (Fsp3) is 0.0714. The summed E-state index contributed by atoms with van der Waals surface area (Å²) in [5.41, 5.74) is 8.31. The molecule has 1 atom stereocenters. The second kappa shape index (κ2) is 9.31. The van der Waals surface area contributed by atoms with Crippen molar-refractivity contribution >= 4 is 22.5 Å². The third-order valence-corrected chi connectivity index (χ3v) is 5.95. The summed E-state index contributed by atoms with van der Waals surface area (Å²) in [5, 5.41) is 13.9. The molecule has 0 amide bonds. The van der Waals surface area contributed by atoms with Crippen molar-refractivity contribution in [1.82, 2.24) is 14.5 Å². The van der Waals surface area contributed by atoms with Crippen LogP contribution in [-0.4, -0.2) is 14.5 Å². The number of nitrogens with two attached hydrogens (primary N) is 1. The van der Waals surface area contributed by atoms with E-state index in [4.69, 9.17) is 5.73 Å². The third-order valence-electron chi connectivity index (χ3n) is 5.95. The lowest BCUT2D eigenvalue weighted by Crippen LogP contribution is -2.26. The zero-order chi connectivity index (χ0) is 25.2. The highest BCUT2D eigenvalue weighted by atomic mass is 19.1. The lowest BCUT2D eigenvalue weighted by molar-refractivity contribution is 0.628. The van der Waals surface area contributed by atoms with E-state index in [1.807, 2.05) is 61.5 Å². The smallest absolute Gasteiger partial charge is 0.263 e. The number of nitrogen functional groups attached to an aromatic ring is 1. The van der Waals surface area contributed by atoms with Crippen molar-refractivity contribution in [2.24, 2.45) is 0 Å². The monoisotopic (exact) mass is 476 g/mol. The number of hydrogen-bond donors (Lipinski definition) is 2. The first-order valence-electron chi connectivity index (χ1n) is 11.3. The van der Waals surface area contributed by atoms with Gasteiger partial charge in [-0.25, -0.2) is 9.37 Å². The van der Waals surface area contributed by atoms with E-state index in [0.717, 1.165) is 0 Å². The van der Waals surface area contributed by atoms with Crippen LogP contribution in [0.4, 0.5) is 16.2 Å². The van der Waals surface area contributed by atoms with Crippen molar-refractivity contribution in [3.05, 3.63) is 112 Å². The Morgan fingerprint density at radius 2 is 1.83 bits per heavy atom. The Hall–Kier alpha value is -5.03. The van der Waals surface area contributed by atoms with Crippen molar-refractivity contribution in [3.8, 4) is 22.9 Å². The molecular formula is C28H21FN6O. The van der Waals surface area contributed by atoms with Crippen molar-refractivity contribution < 1.29 is 4.39 Å². The molecule has 7 nitrogen and oxygen atoms in total. The van der Waals surface area contributed by atoms with Crippen molar-refractivity contribution in [3.63, 3.8) is 0 Å². The Kier molecular flexibility index (Phi) is 5.88. The second-order valence-corrected chi connectivity index (χ2v) is 8.29. The Balaban J connectivity index is 1.75. The number of para-hydroxylation sites is 1. The van der Waals surface area contributed by atoms with Gasteiger partial charge in [-0.3, -0.25) is 9.36 Å². The predicted molar refractivity (Wildman–Crippen MR) is 138 cm³/mol. The minimum atomic E-state index is -0.443. The molecule has 0 saturated heterocycles. The summed E-state index contributed by atoms with van der Waals surface area (Å²) >= 11 is 0. The van der Waals surface area contributed by atoms with E-state index in [2.05, 4.69) is 21.4 Å². The molecular weight excluding hydrogens is 455 g/mol. The highest BCUT2D eigenvalue weighted by Crippen LogP contribution is 2.30. The summed E-state index contributed by atoms with van der Waals surface area (Å²) in [6.07, 6.45) is 1.35. The number of nitrogens with zero attached hydrogens (tertiary/aromatic N) is 4. The topological polar surface area (TPSA) is 110 Å². The average molecular weight is 477 g/mol. The molecule has 0 bridgehead atoms. The van der Waals surface area contributed by atoms with Crippen LogP contribution in [0.1, 0.15) is 24.2 Å². The molecule has 0 aliphatic heterocycles. The number of nitriles is 1. The van der Waals surface area contributed by atoms with Crippen LogP contribution in [0.25, 0.3) is 27.6 Å². The van der Waals surface area contributed by atoms with Gasteiger partial charge in [-0.15, -0.1) is 0 Å². The summed E-state index contributed by atoms with van der Waals surface area (Å²) in [4.78, 5) is 22.2. The number of benzene rings is 3. The number of anilines is 2. The lowest BCUT2D eigenvalue weighted by Gasteiger charge is -2.22. The van der Waals surface area contributed by atoms with E-state index < -0.39 is 6.04 Å². The summed E-state index contributed by atoms with van der Waals surface area (Å²) in [5.74, 6) is -0.0692. The fourth-order valence-corrected chi connectivity index (χ4v) is 4.31. The third kappa shape index (κ3) is 4.14. The molecule has 36 heavy (non-hydrogen) atoms. The maximum absolute atomic E-state index is 14.1. The van der Waals surface area contributed by atoms with Gasteiger partial charge in [0, 0.05) is 11.4 Å². The Labute approximate surface area is 206 Å². The lowest BCUT2D eigenvalue weighted by atomic mass is 9.97. The molecule has 0 fully saturated rings. The molecule has 0 aliphatic rings. The van der Waals surface area contributed by atoms with Gasteiger partial charge in [0.1, 0.15) is 23.3 Å².